The van der Waals surface area contributed by atoms with Gasteiger partial charge in [0.05, 0.1) is 11.4 Å². The summed E-state index contributed by atoms with van der Waals surface area (Å²) < 4.78 is 33.9. The number of alkyl halides is 2. The molecule has 0 aliphatic heterocycles. The van der Waals surface area contributed by atoms with Crippen LogP contribution in [0.3, 0.4) is 0 Å². The molecule has 1 aromatic heterocycles. The largest absolute Gasteiger partial charge is 0.472 e. The standard InChI is InChI=1S/C18H17ClF2N4O/c1-24(22)16-4-2-3-14(18(20)21)15(16)11-26-17-9-10-25(23-17)13-7-5-12(19)6-8-13/h2-10,18H,11,22H2,1H3. The van der Waals surface area contributed by atoms with Gasteiger partial charge in [-0.05, 0) is 30.3 Å². The Hall–Kier alpha value is -2.64. The highest BCUT2D eigenvalue weighted by Crippen LogP contribution is 2.30. The van der Waals surface area contributed by atoms with Crippen LogP contribution in [0.25, 0.3) is 5.69 Å². The van der Waals surface area contributed by atoms with Crippen LogP contribution in [-0.2, 0) is 6.61 Å². The van der Waals surface area contributed by atoms with Crippen LogP contribution in [0.5, 0.6) is 5.88 Å². The lowest BCUT2D eigenvalue weighted by atomic mass is 10.1. The van der Waals surface area contributed by atoms with E-state index in [2.05, 4.69) is 5.10 Å². The van der Waals surface area contributed by atoms with E-state index < -0.39 is 6.43 Å². The van der Waals surface area contributed by atoms with E-state index in [0.717, 1.165) is 5.69 Å². The van der Waals surface area contributed by atoms with Gasteiger partial charge in [-0.3, -0.25) is 0 Å². The van der Waals surface area contributed by atoms with Gasteiger partial charge in [0.25, 0.3) is 6.43 Å². The highest BCUT2D eigenvalue weighted by Gasteiger charge is 2.18. The third-order valence-electron chi connectivity index (χ3n) is 3.82. The maximum atomic E-state index is 13.3. The van der Waals surface area contributed by atoms with Gasteiger partial charge in [-0.15, -0.1) is 5.10 Å². The number of nitrogens with zero attached hydrogens (tertiary/aromatic N) is 3. The molecule has 1 heterocycles. The van der Waals surface area contributed by atoms with Gasteiger partial charge in [0.1, 0.15) is 6.61 Å². The van der Waals surface area contributed by atoms with Crippen LogP contribution in [0.1, 0.15) is 17.6 Å². The average molecular weight is 379 g/mol. The topological polar surface area (TPSA) is 56.3 Å². The molecule has 0 aliphatic rings. The van der Waals surface area contributed by atoms with Gasteiger partial charge in [-0.2, -0.15) is 0 Å². The summed E-state index contributed by atoms with van der Waals surface area (Å²) in [4.78, 5) is 0. The molecule has 0 radical (unpaired) electrons. The molecular weight excluding hydrogens is 362 g/mol. The molecule has 0 saturated carbocycles. The summed E-state index contributed by atoms with van der Waals surface area (Å²) in [6.07, 6.45) is -0.909. The van der Waals surface area contributed by atoms with Crippen molar-refractivity contribution in [3.63, 3.8) is 0 Å². The summed E-state index contributed by atoms with van der Waals surface area (Å²) in [6, 6.07) is 13.4. The van der Waals surface area contributed by atoms with Crippen molar-refractivity contribution in [1.82, 2.24) is 9.78 Å². The van der Waals surface area contributed by atoms with Gasteiger partial charge in [-0.25, -0.2) is 19.3 Å². The van der Waals surface area contributed by atoms with Crippen molar-refractivity contribution in [3.8, 4) is 11.6 Å². The number of benzene rings is 2. The number of ether oxygens (including phenoxy) is 1. The van der Waals surface area contributed by atoms with Gasteiger partial charge in [0.15, 0.2) is 0 Å². The van der Waals surface area contributed by atoms with Gasteiger partial charge >= 0.3 is 0 Å². The molecule has 8 heteroatoms. The number of halogens is 3. The van der Waals surface area contributed by atoms with Crippen molar-refractivity contribution in [3.05, 3.63) is 70.9 Å². The van der Waals surface area contributed by atoms with Crippen molar-refractivity contribution in [1.29, 1.82) is 0 Å². The molecule has 0 aliphatic carbocycles. The van der Waals surface area contributed by atoms with Crippen LogP contribution < -0.4 is 15.6 Å². The minimum atomic E-state index is -2.62. The average Bonchev–Trinajstić information content (AvgIpc) is 3.09. The molecule has 0 amide bonds. The zero-order chi connectivity index (χ0) is 18.7. The number of aromatic nitrogens is 2. The SMILES string of the molecule is CN(N)c1cccc(C(F)F)c1COc1ccn(-c2ccc(Cl)cc2)n1. The Balaban J connectivity index is 1.80. The predicted molar refractivity (Wildman–Crippen MR) is 96.9 cm³/mol. The first-order chi connectivity index (χ1) is 12.5. The van der Waals surface area contributed by atoms with E-state index in [4.69, 9.17) is 22.2 Å². The number of hydrazine groups is 1. The summed E-state index contributed by atoms with van der Waals surface area (Å²) in [5.74, 6) is 6.06. The molecule has 0 spiro atoms. The van der Waals surface area contributed by atoms with Crippen LogP contribution in [0, 0.1) is 0 Å². The second-order valence-electron chi connectivity index (χ2n) is 5.62. The quantitative estimate of drug-likeness (QED) is 0.511. The Kier molecular flexibility index (Phi) is 5.39. The van der Waals surface area contributed by atoms with E-state index in [1.54, 1.807) is 48.3 Å². The lowest BCUT2D eigenvalue weighted by Gasteiger charge is -2.19. The summed E-state index contributed by atoms with van der Waals surface area (Å²) in [5.41, 5.74) is 1.49. The Bertz CT molecular complexity index is 855. The number of nitrogens with two attached hydrogens (primary N) is 1. The fourth-order valence-corrected chi connectivity index (χ4v) is 2.68. The van der Waals surface area contributed by atoms with Crippen LogP contribution >= 0.6 is 11.6 Å². The van der Waals surface area contributed by atoms with E-state index in [0.29, 0.717) is 22.2 Å². The third-order valence-corrected chi connectivity index (χ3v) is 4.07. The molecule has 3 rings (SSSR count). The zero-order valence-electron chi connectivity index (χ0n) is 13.9. The molecule has 3 aromatic rings. The molecule has 0 unspecified atom stereocenters. The highest BCUT2D eigenvalue weighted by atomic mass is 35.5. The third kappa shape index (κ3) is 3.95. The van der Waals surface area contributed by atoms with Crippen LogP contribution in [0.15, 0.2) is 54.7 Å². The van der Waals surface area contributed by atoms with Crippen LogP contribution in [0.2, 0.25) is 5.02 Å². The molecule has 0 fully saturated rings. The maximum absolute atomic E-state index is 13.3. The fourth-order valence-electron chi connectivity index (χ4n) is 2.55. The normalized spacial score (nSPS) is 11.0. The van der Waals surface area contributed by atoms with Gasteiger partial charge in [0, 0.05) is 35.5 Å². The fraction of sp³-hybridized carbons (Fsp3) is 0.167. The second-order valence-corrected chi connectivity index (χ2v) is 6.06. The molecule has 0 saturated heterocycles. The smallest absolute Gasteiger partial charge is 0.264 e. The minimum absolute atomic E-state index is 0.0744. The molecule has 0 atom stereocenters. The van der Waals surface area contributed by atoms with Gasteiger partial charge < -0.3 is 9.75 Å². The maximum Gasteiger partial charge on any atom is 0.264 e. The predicted octanol–water partition coefficient (Wildman–Crippen LogP) is 4.35. The summed E-state index contributed by atoms with van der Waals surface area (Å²) >= 11 is 5.87. The van der Waals surface area contributed by atoms with Crippen molar-refractivity contribution in [2.75, 3.05) is 12.1 Å². The van der Waals surface area contributed by atoms with E-state index in [-0.39, 0.29) is 12.2 Å². The van der Waals surface area contributed by atoms with Gasteiger partial charge in [-0.1, -0.05) is 23.7 Å². The van der Waals surface area contributed by atoms with Crippen molar-refractivity contribution in [2.45, 2.75) is 13.0 Å². The number of hydrogen-bond acceptors (Lipinski definition) is 4. The Morgan fingerprint density at radius 3 is 2.58 bits per heavy atom. The Morgan fingerprint density at radius 1 is 1.19 bits per heavy atom. The Labute approximate surface area is 154 Å². The summed E-state index contributed by atoms with van der Waals surface area (Å²) in [5, 5.41) is 6.21. The first kappa shape index (κ1) is 18.2. The molecule has 26 heavy (non-hydrogen) atoms. The monoisotopic (exact) mass is 378 g/mol. The van der Waals surface area contributed by atoms with E-state index in [1.165, 1.54) is 11.1 Å². The Morgan fingerprint density at radius 2 is 1.92 bits per heavy atom. The lowest BCUT2D eigenvalue weighted by Crippen LogP contribution is -2.27. The molecule has 5 nitrogen and oxygen atoms in total. The highest BCUT2D eigenvalue weighted by molar-refractivity contribution is 6.30. The second kappa shape index (κ2) is 7.72. The van der Waals surface area contributed by atoms with E-state index in [9.17, 15) is 8.78 Å². The molecule has 136 valence electrons. The minimum Gasteiger partial charge on any atom is -0.472 e. The molecule has 0 bridgehead atoms. The molecule has 2 aromatic carbocycles. The van der Waals surface area contributed by atoms with Crippen molar-refractivity contribution in [2.24, 2.45) is 5.84 Å². The first-order valence-corrected chi connectivity index (χ1v) is 8.16. The molecule has 2 N–H and O–H groups in total. The van der Waals surface area contributed by atoms with E-state index >= 15 is 0 Å². The summed E-state index contributed by atoms with van der Waals surface area (Å²) in [6.45, 7) is -0.0744. The number of rotatable bonds is 6. The van der Waals surface area contributed by atoms with E-state index in [1.807, 2.05) is 12.1 Å². The van der Waals surface area contributed by atoms with Crippen molar-refractivity contribution >= 4 is 17.3 Å². The first-order valence-electron chi connectivity index (χ1n) is 7.78. The zero-order valence-corrected chi connectivity index (χ0v) is 14.7. The van der Waals surface area contributed by atoms with Crippen LogP contribution in [0.4, 0.5) is 14.5 Å². The number of hydrogen-bond donors (Lipinski definition) is 1. The number of anilines is 1. The van der Waals surface area contributed by atoms with Crippen LogP contribution in [-0.4, -0.2) is 16.8 Å². The van der Waals surface area contributed by atoms with Crippen molar-refractivity contribution < 1.29 is 13.5 Å². The summed E-state index contributed by atoms with van der Waals surface area (Å²) in [7, 11) is 1.59. The van der Waals surface area contributed by atoms with Gasteiger partial charge in [0.2, 0.25) is 5.88 Å². The molecular formula is C18H17ClF2N4O. The lowest BCUT2D eigenvalue weighted by molar-refractivity contribution is 0.148.